The third kappa shape index (κ3) is 5.31. The molecule has 0 saturated heterocycles. The lowest BCUT2D eigenvalue weighted by atomic mass is 9.93. The van der Waals surface area contributed by atoms with Crippen LogP contribution in [0.3, 0.4) is 0 Å². The average Bonchev–Trinajstić information content (AvgIpc) is 2.38. The van der Waals surface area contributed by atoms with Gasteiger partial charge >= 0.3 is 0 Å². The first kappa shape index (κ1) is 14.2. The van der Waals surface area contributed by atoms with Crippen molar-refractivity contribution in [2.24, 2.45) is 11.7 Å². The van der Waals surface area contributed by atoms with E-state index in [1.165, 1.54) is 5.56 Å². The minimum atomic E-state index is 0.0854. The topological polar surface area (TPSA) is 44.5 Å². The zero-order valence-corrected chi connectivity index (χ0v) is 10.8. The lowest BCUT2D eigenvalue weighted by Gasteiger charge is -2.20. The first-order chi connectivity index (χ1) is 8.25. The van der Waals surface area contributed by atoms with Gasteiger partial charge in [-0.25, -0.2) is 0 Å². The number of nitrogens with two attached hydrogens (primary N) is 1. The van der Waals surface area contributed by atoms with Crippen molar-refractivity contribution in [2.45, 2.75) is 19.4 Å². The molecule has 1 aromatic rings. The highest BCUT2D eigenvalue weighted by atomic mass is 16.5. The Kier molecular flexibility index (Phi) is 6.86. The largest absolute Gasteiger partial charge is 0.382 e. The first-order valence-electron chi connectivity index (χ1n) is 6.13. The van der Waals surface area contributed by atoms with E-state index in [-0.39, 0.29) is 6.04 Å². The Morgan fingerprint density at radius 2 is 1.82 bits per heavy atom. The van der Waals surface area contributed by atoms with E-state index in [0.717, 1.165) is 13.0 Å². The molecule has 17 heavy (non-hydrogen) atoms. The Hall–Kier alpha value is -0.900. The van der Waals surface area contributed by atoms with Crippen LogP contribution in [0.25, 0.3) is 0 Å². The summed E-state index contributed by atoms with van der Waals surface area (Å²) in [5.74, 6) is 0.417. The lowest BCUT2D eigenvalue weighted by molar-refractivity contribution is 0.0631. The van der Waals surface area contributed by atoms with Gasteiger partial charge in [0.25, 0.3) is 0 Å². The van der Waals surface area contributed by atoms with Crippen molar-refractivity contribution in [3.63, 3.8) is 0 Å². The summed E-state index contributed by atoms with van der Waals surface area (Å²) in [6, 6.07) is 10.3. The summed E-state index contributed by atoms with van der Waals surface area (Å²) in [6.45, 7) is 4.21. The first-order valence-corrected chi connectivity index (χ1v) is 6.13. The van der Waals surface area contributed by atoms with E-state index in [0.29, 0.717) is 19.1 Å². The zero-order chi connectivity index (χ0) is 12.5. The molecule has 0 fully saturated rings. The van der Waals surface area contributed by atoms with Gasteiger partial charge in [-0.15, -0.1) is 0 Å². The fraction of sp³-hybridized carbons (Fsp3) is 0.571. The summed E-state index contributed by atoms with van der Waals surface area (Å²) in [5.41, 5.74) is 7.39. The van der Waals surface area contributed by atoms with Crippen molar-refractivity contribution >= 4 is 0 Å². The monoisotopic (exact) mass is 237 g/mol. The number of hydrogen-bond acceptors (Lipinski definition) is 3. The number of ether oxygens (including phenoxy) is 2. The van der Waals surface area contributed by atoms with Crippen LogP contribution in [0.5, 0.6) is 0 Å². The highest BCUT2D eigenvalue weighted by molar-refractivity contribution is 5.18. The lowest BCUT2D eigenvalue weighted by Crippen LogP contribution is -2.20. The van der Waals surface area contributed by atoms with Crippen LogP contribution in [0.4, 0.5) is 0 Å². The van der Waals surface area contributed by atoms with Gasteiger partial charge in [-0.3, -0.25) is 0 Å². The van der Waals surface area contributed by atoms with Crippen LogP contribution in [0, 0.1) is 5.92 Å². The molecule has 96 valence electrons. The normalized spacial score (nSPS) is 14.5. The Labute approximate surface area is 104 Å². The molecule has 1 aromatic carbocycles. The third-order valence-electron chi connectivity index (χ3n) is 2.95. The van der Waals surface area contributed by atoms with Crippen molar-refractivity contribution in [1.82, 2.24) is 0 Å². The fourth-order valence-electron chi connectivity index (χ4n) is 1.70. The molecular weight excluding hydrogens is 214 g/mol. The van der Waals surface area contributed by atoms with Crippen LogP contribution >= 0.6 is 0 Å². The second-order valence-electron chi connectivity index (χ2n) is 4.31. The fourth-order valence-corrected chi connectivity index (χ4v) is 1.70. The molecule has 0 aromatic heterocycles. The van der Waals surface area contributed by atoms with Crippen LogP contribution in [0.1, 0.15) is 24.9 Å². The van der Waals surface area contributed by atoms with Gasteiger partial charge in [-0.2, -0.15) is 0 Å². The van der Waals surface area contributed by atoms with E-state index in [9.17, 15) is 0 Å². The maximum atomic E-state index is 6.20. The molecular formula is C14H23NO2. The Morgan fingerprint density at radius 1 is 1.12 bits per heavy atom. The van der Waals surface area contributed by atoms with Gasteiger partial charge in [0.05, 0.1) is 13.2 Å². The summed E-state index contributed by atoms with van der Waals surface area (Å²) in [7, 11) is 1.68. The predicted octanol–water partition coefficient (Wildman–Crippen LogP) is 2.38. The van der Waals surface area contributed by atoms with Crippen molar-refractivity contribution < 1.29 is 9.47 Å². The Balaban J connectivity index is 2.25. The van der Waals surface area contributed by atoms with E-state index in [2.05, 4.69) is 19.1 Å². The second kappa shape index (κ2) is 8.23. The number of benzene rings is 1. The molecule has 3 heteroatoms. The third-order valence-corrected chi connectivity index (χ3v) is 2.95. The van der Waals surface area contributed by atoms with Crippen LogP contribution in [-0.2, 0) is 9.47 Å². The Morgan fingerprint density at radius 3 is 2.47 bits per heavy atom. The highest BCUT2D eigenvalue weighted by Crippen LogP contribution is 2.21. The van der Waals surface area contributed by atoms with Crippen LogP contribution in [0.15, 0.2) is 30.3 Å². The molecule has 0 aliphatic heterocycles. The maximum absolute atomic E-state index is 6.20. The van der Waals surface area contributed by atoms with Gasteiger partial charge in [0.15, 0.2) is 0 Å². The molecule has 0 aliphatic rings. The molecule has 0 bridgehead atoms. The van der Waals surface area contributed by atoms with Crippen LogP contribution in [-0.4, -0.2) is 26.9 Å². The molecule has 0 radical (unpaired) electrons. The van der Waals surface area contributed by atoms with E-state index in [1.807, 2.05) is 18.2 Å². The van der Waals surface area contributed by atoms with Gasteiger partial charge in [-0.1, -0.05) is 37.3 Å². The number of hydrogen-bond donors (Lipinski definition) is 1. The molecule has 0 aliphatic carbocycles. The highest BCUT2D eigenvalue weighted by Gasteiger charge is 2.14. The Bertz CT molecular complexity index is 290. The van der Waals surface area contributed by atoms with Gasteiger partial charge in [0.1, 0.15) is 0 Å². The van der Waals surface area contributed by atoms with E-state index in [1.54, 1.807) is 7.11 Å². The SMILES string of the molecule is COCCOCCC(C)C(N)c1ccccc1. The summed E-state index contributed by atoms with van der Waals surface area (Å²) in [5, 5.41) is 0. The summed E-state index contributed by atoms with van der Waals surface area (Å²) in [4.78, 5) is 0. The number of methoxy groups -OCH3 is 1. The van der Waals surface area contributed by atoms with Gasteiger partial charge in [0, 0.05) is 19.8 Å². The maximum Gasteiger partial charge on any atom is 0.0700 e. The molecule has 2 N–H and O–H groups in total. The van der Waals surface area contributed by atoms with E-state index >= 15 is 0 Å². The van der Waals surface area contributed by atoms with E-state index < -0.39 is 0 Å². The predicted molar refractivity (Wildman–Crippen MR) is 69.8 cm³/mol. The molecule has 0 amide bonds. The summed E-state index contributed by atoms with van der Waals surface area (Å²) < 4.78 is 10.4. The molecule has 0 heterocycles. The van der Waals surface area contributed by atoms with Crippen LogP contribution < -0.4 is 5.73 Å². The van der Waals surface area contributed by atoms with Gasteiger partial charge in [0.2, 0.25) is 0 Å². The molecule has 0 spiro atoms. The summed E-state index contributed by atoms with van der Waals surface area (Å²) in [6.07, 6.45) is 0.972. The second-order valence-corrected chi connectivity index (χ2v) is 4.31. The molecule has 0 saturated carbocycles. The summed E-state index contributed by atoms with van der Waals surface area (Å²) >= 11 is 0. The minimum absolute atomic E-state index is 0.0854. The zero-order valence-electron chi connectivity index (χ0n) is 10.8. The van der Waals surface area contributed by atoms with E-state index in [4.69, 9.17) is 15.2 Å². The standard InChI is InChI=1S/C14H23NO2/c1-12(8-9-17-11-10-16-2)14(15)13-6-4-3-5-7-13/h3-7,12,14H,8-11,15H2,1-2H3. The smallest absolute Gasteiger partial charge is 0.0700 e. The number of rotatable bonds is 8. The van der Waals surface area contributed by atoms with Gasteiger partial charge in [-0.05, 0) is 17.9 Å². The molecule has 2 atom stereocenters. The minimum Gasteiger partial charge on any atom is -0.382 e. The van der Waals surface area contributed by atoms with Crippen LogP contribution in [0.2, 0.25) is 0 Å². The van der Waals surface area contributed by atoms with Crippen molar-refractivity contribution in [3.05, 3.63) is 35.9 Å². The molecule has 2 unspecified atom stereocenters. The van der Waals surface area contributed by atoms with Gasteiger partial charge < -0.3 is 15.2 Å². The van der Waals surface area contributed by atoms with Crippen molar-refractivity contribution in [3.8, 4) is 0 Å². The van der Waals surface area contributed by atoms with Crippen molar-refractivity contribution in [2.75, 3.05) is 26.9 Å². The molecule has 1 rings (SSSR count). The van der Waals surface area contributed by atoms with Crippen molar-refractivity contribution in [1.29, 1.82) is 0 Å². The quantitative estimate of drug-likeness (QED) is 0.706. The molecule has 3 nitrogen and oxygen atoms in total. The average molecular weight is 237 g/mol.